The fourth-order valence-corrected chi connectivity index (χ4v) is 2.51. The Morgan fingerprint density at radius 2 is 1.87 bits per heavy atom. The molecule has 3 atom stereocenters. The first-order chi connectivity index (χ1) is 10.4. The van der Waals surface area contributed by atoms with Crippen LogP contribution in [0.5, 0.6) is 0 Å². The quantitative estimate of drug-likeness (QED) is 0.326. The number of alkyl halides is 3. The minimum atomic E-state index is -4.84. The monoisotopic (exact) mass is 332 g/mol. The summed E-state index contributed by atoms with van der Waals surface area (Å²) in [7, 11) is 0. The molecule has 0 radical (unpaired) electrons. The predicted octanol–water partition coefficient (Wildman–Crippen LogP) is 4.58. The van der Waals surface area contributed by atoms with Crippen molar-refractivity contribution < 1.29 is 27.1 Å². The van der Waals surface area contributed by atoms with Crippen molar-refractivity contribution in [2.75, 3.05) is 0 Å². The molecule has 0 amide bonds. The molecule has 0 N–H and O–H groups in total. The van der Waals surface area contributed by atoms with Gasteiger partial charge in [-0.25, -0.2) is 4.39 Å². The maximum atomic E-state index is 13.6. The van der Waals surface area contributed by atoms with Gasteiger partial charge < -0.3 is 4.74 Å². The van der Waals surface area contributed by atoms with Gasteiger partial charge in [-0.15, -0.1) is 5.92 Å². The normalized spacial score (nSPS) is 24.1. The van der Waals surface area contributed by atoms with Crippen LogP contribution in [0.4, 0.5) is 17.6 Å². The molecule has 0 spiro atoms. The Bertz CT molecular complexity index is 584. The molecule has 0 saturated heterocycles. The Labute approximate surface area is 133 Å². The van der Waals surface area contributed by atoms with Crippen molar-refractivity contribution in [3.05, 3.63) is 23.6 Å². The second-order valence-corrected chi connectivity index (χ2v) is 6.35. The van der Waals surface area contributed by atoms with Gasteiger partial charge in [-0.3, -0.25) is 4.79 Å². The van der Waals surface area contributed by atoms with Gasteiger partial charge in [0.05, 0.1) is 12.0 Å². The van der Waals surface area contributed by atoms with Gasteiger partial charge in [0.15, 0.2) is 5.83 Å². The van der Waals surface area contributed by atoms with Crippen LogP contribution in [0.1, 0.15) is 34.6 Å². The molecule has 2 nitrogen and oxygen atoms in total. The molecule has 3 unspecified atom stereocenters. The average molecular weight is 332 g/mol. The van der Waals surface area contributed by atoms with Crippen LogP contribution in [0, 0.1) is 29.1 Å². The molecular weight excluding hydrogens is 312 g/mol. The molecule has 0 bridgehead atoms. The lowest BCUT2D eigenvalue weighted by Crippen LogP contribution is -2.21. The standard InChI is InChI=1S/C17H20F4O2/c1-6-7-13(12(18)9-17(19,20)21)23-15(22)14-11(8-10(2)3)16(14,4)5/h8-9,11,13-14H,1-5H3/b12-9-. The van der Waals surface area contributed by atoms with Crippen molar-refractivity contribution in [1.29, 1.82) is 0 Å². The van der Waals surface area contributed by atoms with Gasteiger partial charge in [0, 0.05) is 0 Å². The highest BCUT2D eigenvalue weighted by atomic mass is 19.4. The number of rotatable bonds is 4. The molecule has 128 valence electrons. The molecule has 0 aromatic rings. The van der Waals surface area contributed by atoms with E-state index in [-0.39, 0.29) is 11.3 Å². The zero-order valence-electron chi connectivity index (χ0n) is 13.7. The molecule has 0 heterocycles. The largest absolute Gasteiger partial charge is 0.441 e. The Hall–Kier alpha value is -1.77. The van der Waals surface area contributed by atoms with Crippen molar-refractivity contribution in [2.45, 2.75) is 46.9 Å². The third kappa shape index (κ3) is 5.12. The summed E-state index contributed by atoms with van der Waals surface area (Å²) in [5, 5.41) is 0. The van der Waals surface area contributed by atoms with E-state index < -0.39 is 36.1 Å². The molecule has 6 heteroatoms. The predicted molar refractivity (Wildman–Crippen MR) is 78.8 cm³/mol. The molecule has 1 rings (SSSR count). The summed E-state index contributed by atoms with van der Waals surface area (Å²) in [6.45, 7) is 8.80. The van der Waals surface area contributed by atoms with Gasteiger partial charge in [-0.05, 0) is 32.1 Å². The first-order valence-corrected chi connectivity index (χ1v) is 7.13. The van der Waals surface area contributed by atoms with E-state index in [4.69, 9.17) is 4.74 Å². The first-order valence-electron chi connectivity index (χ1n) is 7.13. The van der Waals surface area contributed by atoms with E-state index in [9.17, 15) is 22.4 Å². The van der Waals surface area contributed by atoms with Gasteiger partial charge in [-0.2, -0.15) is 13.2 Å². The fourth-order valence-electron chi connectivity index (χ4n) is 2.51. The number of halogens is 4. The van der Waals surface area contributed by atoms with Crippen LogP contribution >= 0.6 is 0 Å². The molecule has 0 aromatic carbocycles. The van der Waals surface area contributed by atoms with E-state index >= 15 is 0 Å². The van der Waals surface area contributed by atoms with E-state index in [1.807, 2.05) is 33.8 Å². The second-order valence-electron chi connectivity index (χ2n) is 6.35. The van der Waals surface area contributed by atoms with Gasteiger partial charge in [0.1, 0.15) is 0 Å². The molecule has 1 aliphatic carbocycles. The first kappa shape index (κ1) is 19.3. The maximum absolute atomic E-state index is 13.6. The minimum Gasteiger partial charge on any atom is -0.441 e. The SMILES string of the molecule is CC#CC(OC(=O)C1C(C=C(C)C)C1(C)C)/C(F)=C/C(F)(F)F. The van der Waals surface area contributed by atoms with Crippen molar-refractivity contribution in [3.8, 4) is 11.8 Å². The Morgan fingerprint density at radius 3 is 2.30 bits per heavy atom. The van der Waals surface area contributed by atoms with Crippen LogP contribution in [0.25, 0.3) is 0 Å². The molecule has 1 aliphatic rings. The molecular formula is C17H20F4O2. The minimum absolute atomic E-state index is 0.0788. The van der Waals surface area contributed by atoms with Gasteiger partial charge in [0.25, 0.3) is 0 Å². The van der Waals surface area contributed by atoms with Crippen molar-refractivity contribution in [3.63, 3.8) is 0 Å². The second kappa shape index (κ2) is 6.77. The number of esters is 1. The number of hydrogen-bond acceptors (Lipinski definition) is 2. The molecule has 1 saturated carbocycles. The van der Waals surface area contributed by atoms with Crippen molar-refractivity contribution >= 4 is 5.97 Å². The Kier molecular flexibility index (Phi) is 5.68. The van der Waals surface area contributed by atoms with Crippen LogP contribution in [-0.4, -0.2) is 18.2 Å². The zero-order valence-corrected chi connectivity index (χ0v) is 13.7. The lowest BCUT2D eigenvalue weighted by molar-refractivity contribution is -0.148. The summed E-state index contributed by atoms with van der Waals surface area (Å²) in [4.78, 5) is 12.2. The molecule has 1 fully saturated rings. The summed E-state index contributed by atoms with van der Waals surface area (Å²) in [6.07, 6.45) is -5.30. The molecule has 0 aromatic heterocycles. The van der Waals surface area contributed by atoms with Crippen LogP contribution in [0.2, 0.25) is 0 Å². The highest BCUT2D eigenvalue weighted by Crippen LogP contribution is 2.60. The number of ether oxygens (including phenoxy) is 1. The summed E-state index contributed by atoms with van der Waals surface area (Å²) < 4.78 is 55.2. The number of carbonyl (C=O) groups is 1. The van der Waals surface area contributed by atoms with E-state index in [0.717, 1.165) is 5.57 Å². The van der Waals surface area contributed by atoms with E-state index in [2.05, 4.69) is 11.8 Å². The summed E-state index contributed by atoms with van der Waals surface area (Å²) in [5.74, 6) is 1.46. The van der Waals surface area contributed by atoms with Crippen LogP contribution < -0.4 is 0 Å². The van der Waals surface area contributed by atoms with Crippen LogP contribution in [0.15, 0.2) is 23.6 Å². The van der Waals surface area contributed by atoms with Crippen LogP contribution in [0.3, 0.4) is 0 Å². The lowest BCUT2D eigenvalue weighted by Gasteiger charge is -2.12. The molecule has 23 heavy (non-hydrogen) atoms. The number of carbonyl (C=O) groups excluding carboxylic acids is 1. The van der Waals surface area contributed by atoms with Gasteiger partial charge in [0.2, 0.25) is 6.10 Å². The van der Waals surface area contributed by atoms with Crippen molar-refractivity contribution in [2.24, 2.45) is 17.3 Å². The van der Waals surface area contributed by atoms with E-state index in [0.29, 0.717) is 0 Å². The third-order valence-corrected chi connectivity index (χ3v) is 3.74. The average Bonchev–Trinajstić information content (AvgIpc) is 2.87. The Balaban J connectivity index is 2.90. The summed E-state index contributed by atoms with van der Waals surface area (Å²) in [5.41, 5.74) is 0.648. The highest BCUT2D eigenvalue weighted by molar-refractivity contribution is 5.79. The van der Waals surface area contributed by atoms with Crippen LogP contribution in [-0.2, 0) is 9.53 Å². The summed E-state index contributed by atoms with van der Waals surface area (Å²) in [6, 6.07) is 0. The number of hydrogen-bond donors (Lipinski definition) is 0. The van der Waals surface area contributed by atoms with E-state index in [1.165, 1.54) is 6.92 Å². The fraction of sp³-hybridized carbons (Fsp3) is 0.588. The van der Waals surface area contributed by atoms with Gasteiger partial charge in [-0.1, -0.05) is 31.4 Å². The summed E-state index contributed by atoms with van der Waals surface area (Å²) >= 11 is 0. The zero-order chi connectivity index (χ0) is 18.0. The number of allylic oxidation sites excluding steroid dienone is 3. The highest BCUT2D eigenvalue weighted by Gasteiger charge is 2.61. The third-order valence-electron chi connectivity index (χ3n) is 3.74. The molecule has 0 aliphatic heterocycles. The maximum Gasteiger partial charge on any atom is 0.412 e. The Morgan fingerprint density at radius 1 is 1.30 bits per heavy atom. The van der Waals surface area contributed by atoms with Gasteiger partial charge >= 0.3 is 12.1 Å². The lowest BCUT2D eigenvalue weighted by atomic mass is 10.1. The smallest absolute Gasteiger partial charge is 0.412 e. The van der Waals surface area contributed by atoms with Crippen molar-refractivity contribution in [1.82, 2.24) is 0 Å². The topological polar surface area (TPSA) is 26.3 Å². The van der Waals surface area contributed by atoms with E-state index in [1.54, 1.807) is 0 Å².